The number of esters is 1. The number of nitrogens with zero attached hydrogens (tertiary/aromatic N) is 2. The molecular weight excluding hydrogens is 434 g/mol. The Morgan fingerprint density at radius 3 is 2.66 bits per heavy atom. The molecule has 0 unspecified atom stereocenters. The average molecular weight is 468 g/mol. The van der Waals surface area contributed by atoms with E-state index in [2.05, 4.69) is 50.7 Å². The smallest absolute Gasteiger partial charge is 0.413 e. The molecule has 1 amide bonds. The van der Waals surface area contributed by atoms with Crippen molar-refractivity contribution < 1.29 is 28.2 Å². The van der Waals surface area contributed by atoms with Gasteiger partial charge in [0.05, 0.1) is 6.61 Å². The summed E-state index contributed by atoms with van der Waals surface area (Å²) in [6.07, 6.45) is 0.662. The van der Waals surface area contributed by atoms with E-state index in [1.165, 1.54) is 29.8 Å². The molecule has 10 nitrogen and oxygen atoms in total. The van der Waals surface area contributed by atoms with Gasteiger partial charge in [0.2, 0.25) is 0 Å². The molecule has 1 saturated heterocycles. The number of carbonyl (C=O) groups excluding carboxylic acids is 2. The van der Waals surface area contributed by atoms with Gasteiger partial charge in [0.1, 0.15) is 30.9 Å². The largest absolute Gasteiger partial charge is 0.460 e. The molecule has 0 saturated carbocycles. The molecule has 0 aliphatic carbocycles. The third-order valence-corrected chi connectivity index (χ3v) is 10.1. The minimum absolute atomic E-state index is 0.0123. The minimum Gasteiger partial charge on any atom is -0.460 e. The highest BCUT2D eigenvalue weighted by Gasteiger charge is 2.43. The second-order valence-corrected chi connectivity index (χ2v) is 13.9. The monoisotopic (exact) mass is 467 g/mol. The average Bonchev–Trinajstić information content (AvgIpc) is 3.05. The summed E-state index contributed by atoms with van der Waals surface area (Å²) in [5, 5.41) is 2.38. The molecule has 0 bridgehead atoms. The highest BCUT2D eigenvalue weighted by Crippen LogP contribution is 2.38. The molecule has 3 atom stereocenters. The van der Waals surface area contributed by atoms with Crippen LogP contribution in [-0.2, 0) is 23.4 Å². The van der Waals surface area contributed by atoms with E-state index in [1.807, 2.05) is 0 Å². The number of ether oxygens (including phenoxy) is 3. The molecule has 1 N–H and O–H groups in total. The first-order valence-corrected chi connectivity index (χ1v) is 13.4. The molecule has 2 rings (SSSR count). The lowest BCUT2D eigenvalue weighted by Gasteiger charge is -2.37. The van der Waals surface area contributed by atoms with Gasteiger partial charge in [0.15, 0.2) is 8.32 Å². The first-order chi connectivity index (χ1) is 14.8. The number of hydrogen-bond acceptors (Lipinski definition) is 8. The van der Waals surface area contributed by atoms with Crippen LogP contribution in [0.15, 0.2) is 29.7 Å². The van der Waals surface area contributed by atoms with Crippen LogP contribution < -0.4 is 11.0 Å². The van der Waals surface area contributed by atoms with Gasteiger partial charge in [-0.15, -0.1) is 0 Å². The molecule has 1 aromatic heterocycles. The Bertz CT molecular complexity index is 894. The van der Waals surface area contributed by atoms with Gasteiger partial charge in [-0.05, 0) is 24.2 Å². The van der Waals surface area contributed by atoms with Crippen molar-refractivity contribution in [2.24, 2.45) is 0 Å². The Balaban J connectivity index is 2.13. The van der Waals surface area contributed by atoms with E-state index in [4.69, 9.17) is 18.6 Å². The van der Waals surface area contributed by atoms with Crippen molar-refractivity contribution in [1.82, 2.24) is 9.55 Å². The van der Waals surface area contributed by atoms with Gasteiger partial charge in [-0.1, -0.05) is 33.4 Å². The van der Waals surface area contributed by atoms with Crippen molar-refractivity contribution in [3.05, 3.63) is 35.4 Å². The third-order valence-electron chi connectivity index (χ3n) is 5.62. The lowest BCUT2D eigenvalue weighted by molar-refractivity contribution is -0.150. The Morgan fingerprint density at radius 1 is 1.41 bits per heavy atom. The molecule has 32 heavy (non-hydrogen) atoms. The van der Waals surface area contributed by atoms with Crippen LogP contribution in [0, 0.1) is 0 Å². The Morgan fingerprint density at radius 2 is 2.09 bits per heavy atom. The Hall–Kier alpha value is -2.50. The van der Waals surface area contributed by atoms with Gasteiger partial charge in [-0.3, -0.25) is 14.7 Å². The van der Waals surface area contributed by atoms with Crippen LogP contribution in [0.4, 0.5) is 10.6 Å². The molecule has 0 aromatic carbocycles. The van der Waals surface area contributed by atoms with E-state index in [1.54, 1.807) is 0 Å². The van der Waals surface area contributed by atoms with Gasteiger partial charge >= 0.3 is 17.8 Å². The van der Waals surface area contributed by atoms with Gasteiger partial charge < -0.3 is 18.6 Å². The van der Waals surface area contributed by atoms with E-state index in [-0.39, 0.29) is 30.5 Å². The molecule has 1 fully saturated rings. The van der Waals surface area contributed by atoms with Crippen molar-refractivity contribution in [2.75, 3.05) is 18.5 Å². The molecule has 11 heteroatoms. The number of hydrogen-bond donors (Lipinski definition) is 1. The summed E-state index contributed by atoms with van der Waals surface area (Å²) in [7, 11) is -2.05. The normalized spacial score (nSPS) is 21.1. The lowest BCUT2D eigenvalue weighted by Crippen LogP contribution is -2.44. The fraction of sp³-hybridized carbons (Fsp3) is 0.619. The summed E-state index contributed by atoms with van der Waals surface area (Å²) in [4.78, 5) is 39.6. The van der Waals surface area contributed by atoms with E-state index in [0.29, 0.717) is 0 Å². The maximum Gasteiger partial charge on any atom is 0.413 e. The molecule has 0 spiro atoms. The molecule has 1 aliphatic heterocycles. The zero-order valence-corrected chi connectivity index (χ0v) is 20.5. The van der Waals surface area contributed by atoms with E-state index in [9.17, 15) is 14.4 Å². The predicted octanol–water partition coefficient (Wildman–Crippen LogP) is 3.22. The summed E-state index contributed by atoms with van der Waals surface area (Å²) in [5.74, 6) is -0.382. The maximum atomic E-state index is 12.5. The number of carbonyl (C=O) groups is 2. The zero-order chi connectivity index (χ0) is 24.1. The van der Waals surface area contributed by atoms with Crippen LogP contribution in [-0.4, -0.2) is 55.4 Å². The van der Waals surface area contributed by atoms with Crippen molar-refractivity contribution in [3.63, 3.8) is 0 Å². The first kappa shape index (κ1) is 25.8. The molecule has 0 radical (unpaired) electrons. The van der Waals surface area contributed by atoms with Crippen LogP contribution in [0.3, 0.4) is 0 Å². The van der Waals surface area contributed by atoms with Crippen molar-refractivity contribution in [2.45, 2.75) is 70.7 Å². The van der Waals surface area contributed by atoms with E-state index >= 15 is 0 Å². The fourth-order valence-electron chi connectivity index (χ4n) is 2.84. The molecule has 178 valence electrons. The molecule has 2 heterocycles. The van der Waals surface area contributed by atoms with Gasteiger partial charge in [-0.2, -0.15) is 4.98 Å². The number of amides is 1. The number of aromatic nitrogens is 2. The molecule has 1 aliphatic rings. The number of rotatable bonds is 8. The first-order valence-electron chi connectivity index (χ1n) is 10.4. The Labute approximate surface area is 189 Å². The molecular formula is C21H33N3O7Si. The van der Waals surface area contributed by atoms with Crippen LogP contribution in [0.2, 0.25) is 18.1 Å². The number of nitrogens with one attached hydrogen (secondary N) is 1. The number of anilines is 1. The summed E-state index contributed by atoms with van der Waals surface area (Å²) in [6.45, 7) is 15.7. The highest BCUT2D eigenvalue weighted by molar-refractivity contribution is 6.74. The van der Waals surface area contributed by atoms with Crippen LogP contribution >= 0.6 is 0 Å². The quantitative estimate of drug-likeness (QED) is 0.352. The minimum atomic E-state index is -2.05. The van der Waals surface area contributed by atoms with Gasteiger partial charge in [-0.25, -0.2) is 9.59 Å². The summed E-state index contributed by atoms with van der Waals surface area (Å²) in [5.41, 5.74) is -0.621. The standard InChI is InChI=1S/C21H33N3O7Si/c1-8-11-28-20(27)23-17-9-10-24(19(26)22-17)18-12-15(30-14(2)25)16(31-18)13-29-32(6,7)21(3,4)5/h8-10,15-16,18H,1,11-13H2,2-7H3,(H,22,23,26,27)/t15-,16+,18+/m0/s1. The van der Waals surface area contributed by atoms with E-state index in [0.717, 1.165) is 0 Å². The fourth-order valence-corrected chi connectivity index (χ4v) is 3.86. The second-order valence-electron chi connectivity index (χ2n) is 9.10. The van der Waals surface area contributed by atoms with Crippen LogP contribution in [0.5, 0.6) is 0 Å². The second kappa shape index (κ2) is 10.4. The summed E-state index contributed by atoms with van der Waals surface area (Å²) < 4.78 is 23.8. The molecule has 1 aromatic rings. The van der Waals surface area contributed by atoms with Crippen LogP contribution in [0.25, 0.3) is 0 Å². The summed E-state index contributed by atoms with van der Waals surface area (Å²) in [6, 6.07) is 1.46. The lowest BCUT2D eigenvalue weighted by atomic mass is 10.2. The Kier molecular flexibility index (Phi) is 8.38. The van der Waals surface area contributed by atoms with Crippen molar-refractivity contribution >= 4 is 26.2 Å². The van der Waals surface area contributed by atoms with Crippen molar-refractivity contribution in [1.29, 1.82) is 0 Å². The topological polar surface area (TPSA) is 118 Å². The van der Waals surface area contributed by atoms with Gasteiger partial charge in [0.25, 0.3) is 0 Å². The zero-order valence-electron chi connectivity index (χ0n) is 19.5. The third kappa shape index (κ3) is 6.75. The van der Waals surface area contributed by atoms with Crippen molar-refractivity contribution in [3.8, 4) is 0 Å². The maximum absolute atomic E-state index is 12.5. The SMILES string of the molecule is C=CCOC(=O)Nc1ccn([C@H]2C[C@H](OC(C)=O)[C@@H](CO[Si](C)(C)C(C)(C)C)O2)c(=O)n1. The summed E-state index contributed by atoms with van der Waals surface area (Å²) >= 11 is 0. The van der Waals surface area contributed by atoms with Crippen LogP contribution in [0.1, 0.15) is 40.3 Å². The predicted molar refractivity (Wildman–Crippen MR) is 121 cm³/mol. The highest BCUT2D eigenvalue weighted by atomic mass is 28.4. The van der Waals surface area contributed by atoms with Gasteiger partial charge in [0, 0.05) is 19.5 Å². The van der Waals surface area contributed by atoms with E-state index < -0.39 is 44.5 Å².